The number of rotatable bonds is 4. The minimum absolute atomic E-state index is 0.0453. The van der Waals surface area contributed by atoms with Crippen molar-refractivity contribution in [2.45, 2.75) is 43.5 Å². The van der Waals surface area contributed by atoms with Crippen LogP contribution in [0, 0.1) is 0 Å². The highest BCUT2D eigenvalue weighted by molar-refractivity contribution is 7.99. The maximum atomic E-state index is 10.6. The summed E-state index contributed by atoms with van der Waals surface area (Å²) in [4.78, 5) is 14.8. The van der Waals surface area contributed by atoms with Crippen LogP contribution in [0.25, 0.3) is 0 Å². The standard InChI is InChI=1S/C12H18N2O3S/c1-12(2)7-9(3-6-17-12)14-5-4-13-11(14)18-8-10(15)16/h4-5,9H,3,6-8H2,1-2H3,(H,15,16). The average molecular weight is 270 g/mol. The highest BCUT2D eigenvalue weighted by atomic mass is 32.2. The van der Waals surface area contributed by atoms with Gasteiger partial charge < -0.3 is 14.4 Å². The number of nitrogens with zero attached hydrogens (tertiary/aromatic N) is 2. The van der Waals surface area contributed by atoms with Crippen LogP contribution in [0.4, 0.5) is 0 Å². The van der Waals surface area contributed by atoms with Gasteiger partial charge in [-0.25, -0.2) is 4.98 Å². The molecule has 5 nitrogen and oxygen atoms in total. The molecular weight excluding hydrogens is 252 g/mol. The lowest BCUT2D eigenvalue weighted by Gasteiger charge is -2.36. The van der Waals surface area contributed by atoms with Gasteiger partial charge >= 0.3 is 5.97 Å². The Bertz CT molecular complexity index is 431. The Kier molecular flexibility index (Phi) is 3.97. The molecule has 0 aliphatic carbocycles. The molecule has 1 N–H and O–H groups in total. The molecule has 0 radical (unpaired) electrons. The maximum absolute atomic E-state index is 10.6. The van der Waals surface area contributed by atoms with E-state index < -0.39 is 5.97 Å². The van der Waals surface area contributed by atoms with E-state index in [1.165, 1.54) is 11.8 Å². The second kappa shape index (κ2) is 5.32. The molecule has 18 heavy (non-hydrogen) atoms. The Morgan fingerprint density at radius 3 is 3.17 bits per heavy atom. The van der Waals surface area contributed by atoms with E-state index in [1.54, 1.807) is 6.20 Å². The number of carboxylic acid groups (broad SMARTS) is 1. The molecule has 1 aromatic heterocycles. The van der Waals surface area contributed by atoms with Crippen LogP contribution in [0.1, 0.15) is 32.7 Å². The zero-order chi connectivity index (χ0) is 13.2. The van der Waals surface area contributed by atoms with Crippen molar-refractivity contribution in [1.82, 2.24) is 9.55 Å². The van der Waals surface area contributed by atoms with Crippen molar-refractivity contribution in [2.24, 2.45) is 0 Å². The Morgan fingerprint density at radius 2 is 2.50 bits per heavy atom. The van der Waals surface area contributed by atoms with Crippen LogP contribution >= 0.6 is 11.8 Å². The van der Waals surface area contributed by atoms with Crippen LogP contribution in [0.2, 0.25) is 0 Å². The van der Waals surface area contributed by atoms with Gasteiger partial charge in [0.2, 0.25) is 0 Å². The fraction of sp³-hybridized carbons (Fsp3) is 0.667. The second-order valence-corrected chi connectivity index (χ2v) is 6.00. The summed E-state index contributed by atoms with van der Waals surface area (Å²) in [6.45, 7) is 4.90. The van der Waals surface area contributed by atoms with Crippen molar-refractivity contribution < 1.29 is 14.6 Å². The lowest BCUT2D eigenvalue weighted by molar-refractivity contribution is -0.133. The van der Waals surface area contributed by atoms with Gasteiger partial charge in [0.1, 0.15) is 0 Å². The first-order chi connectivity index (χ1) is 8.48. The molecule has 1 unspecified atom stereocenters. The van der Waals surface area contributed by atoms with Crippen molar-refractivity contribution in [1.29, 1.82) is 0 Å². The van der Waals surface area contributed by atoms with E-state index in [9.17, 15) is 4.79 Å². The summed E-state index contributed by atoms with van der Waals surface area (Å²) in [6, 6.07) is 0.340. The molecule has 1 fully saturated rings. The molecule has 2 heterocycles. The Morgan fingerprint density at radius 1 is 1.72 bits per heavy atom. The van der Waals surface area contributed by atoms with Crippen LogP contribution in [-0.2, 0) is 9.53 Å². The summed E-state index contributed by atoms with van der Waals surface area (Å²) in [5.74, 6) is -0.772. The van der Waals surface area contributed by atoms with Gasteiger partial charge in [0.25, 0.3) is 0 Å². The third-order valence-corrected chi connectivity index (χ3v) is 3.99. The van der Waals surface area contributed by atoms with Crippen LogP contribution in [0.15, 0.2) is 17.6 Å². The van der Waals surface area contributed by atoms with E-state index >= 15 is 0 Å². The van der Waals surface area contributed by atoms with Crippen molar-refractivity contribution >= 4 is 17.7 Å². The van der Waals surface area contributed by atoms with E-state index in [1.807, 2.05) is 6.20 Å². The first-order valence-corrected chi connectivity index (χ1v) is 6.98. The first-order valence-electron chi connectivity index (χ1n) is 5.99. The van der Waals surface area contributed by atoms with E-state index in [2.05, 4.69) is 23.4 Å². The van der Waals surface area contributed by atoms with Crippen LogP contribution in [-0.4, -0.2) is 38.6 Å². The lowest BCUT2D eigenvalue weighted by atomic mass is 9.94. The molecule has 1 aliphatic heterocycles. The number of carboxylic acids is 1. The number of hydrogen-bond donors (Lipinski definition) is 1. The van der Waals surface area contributed by atoms with E-state index in [0.717, 1.165) is 24.6 Å². The van der Waals surface area contributed by atoms with Crippen LogP contribution in [0.5, 0.6) is 0 Å². The van der Waals surface area contributed by atoms with E-state index in [-0.39, 0.29) is 11.4 Å². The number of ether oxygens (including phenoxy) is 1. The fourth-order valence-corrected chi connectivity index (χ4v) is 3.00. The molecule has 2 rings (SSSR count). The lowest BCUT2D eigenvalue weighted by Crippen LogP contribution is -2.35. The quantitative estimate of drug-likeness (QED) is 0.850. The molecular formula is C12H18N2O3S. The first kappa shape index (κ1) is 13.4. The summed E-state index contributed by atoms with van der Waals surface area (Å²) in [5.41, 5.74) is -0.123. The molecule has 1 atom stereocenters. The summed E-state index contributed by atoms with van der Waals surface area (Å²) in [7, 11) is 0. The van der Waals surface area contributed by atoms with Crippen molar-refractivity contribution in [3.8, 4) is 0 Å². The zero-order valence-corrected chi connectivity index (χ0v) is 11.4. The van der Waals surface area contributed by atoms with Crippen molar-refractivity contribution in [3.63, 3.8) is 0 Å². The zero-order valence-electron chi connectivity index (χ0n) is 10.6. The van der Waals surface area contributed by atoms with Gasteiger partial charge in [-0.2, -0.15) is 0 Å². The smallest absolute Gasteiger partial charge is 0.313 e. The van der Waals surface area contributed by atoms with Gasteiger partial charge in [-0.05, 0) is 26.7 Å². The Labute approximate surface area is 111 Å². The largest absolute Gasteiger partial charge is 0.481 e. The number of aliphatic carboxylic acids is 1. The van der Waals surface area contributed by atoms with Gasteiger partial charge in [0.15, 0.2) is 5.16 Å². The van der Waals surface area contributed by atoms with Gasteiger partial charge in [0, 0.05) is 25.0 Å². The summed E-state index contributed by atoms with van der Waals surface area (Å²) in [5, 5.41) is 9.50. The number of imidazole rings is 1. The number of thioether (sulfide) groups is 1. The van der Waals surface area contributed by atoms with Crippen molar-refractivity contribution in [2.75, 3.05) is 12.4 Å². The minimum atomic E-state index is -0.818. The highest BCUT2D eigenvalue weighted by Crippen LogP contribution is 2.34. The normalized spacial score (nSPS) is 22.9. The van der Waals surface area contributed by atoms with Gasteiger partial charge in [-0.3, -0.25) is 4.79 Å². The van der Waals surface area contributed by atoms with Crippen molar-refractivity contribution in [3.05, 3.63) is 12.4 Å². The molecule has 1 aliphatic rings. The average Bonchev–Trinajstić information content (AvgIpc) is 2.73. The van der Waals surface area contributed by atoms with Gasteiger partial charge in [-0.15, -0.1) is 0 Å². The number of aromatic nitrogens is 2. The van der Waals surface area contributed by atoms with E-state index in [0.29, 0.717) is 6.04 Å². The van der Waals surface area contributed by atoms with Gasteiger partial charge in [-0.1, -0.05) is 11.8 Å². The molecule has 0 saturated carbocycles. The maximum Gasteiger partial charge on any atom is 0.313 e. The topological polar surface area (TPSA) is 64.4 Å². The summed E-state index contributed by atoms with van der Waals surface area (Å²) in [6.07, 6.45) is 5.52. The predicted molar refractivity (Wildman–Crippen MR) is 68.9 cm³/mol. The summed E-state index contributed by atoms with van der Waals surface area (Å²) < 4.78 is 7.78. The van der Waals surface area contributed by atoms with Gasteiger partial charge in [0.05, 0.1) is 11.4 Å². The van der Waals surface area contributed by atoms with E-state index in [4.69, 9.17) is 9.84 Å². The fourth-order valence-electron chi connectivity index (χ4n) is 2.25. The third-order valence-electron chi connectivity index (χ3n) is 3.02. The molecule has 1 saturated heterocycles. The molecule has 6 heteroatoms. The number of carbonyl (C=O) groups is 1. The Hall–Kier alpha value is -1.01. The van der Waals surface area contributed by atoms with Crippen LogP contribution in [0.3, 0.4) is 0 Å². The summed E-state index contributed by atoms with van der Waals surface area (Å²) >= 11 is 1.27. The second-order valence-electron chi connectivity index (χ2n) is 5.05. The minimum Gasteiger partial charge on any atom is -0.481 e. The molecule has 0 bridgehead atoms. The molecule has 0 aromatic carbocycles. The Balaban J connectivity index is 2.08. The third kappa shape index (κ3) is 3.26. The SMILES string of the molecule is CC1(C)CC(n2ccnc2SCC(=O)O)CCO1. The molecule has 0 spiro atoms. The molecule has 0 amide bonds. The number of hydrogen-bond acceptors (Lipinski definition) is 4. The predicted octanol–water partition coefficient (Wildman–Crippen LogP) is 2.19. The highest BCUT2D eigenvalue weighted by Gasteiger charge is 2.30. The monoisotopic (exact) mass is 270 g/mol. The van der Waals surface area contributed by atoms with Crippen LogP contribution < -0.4 is 0 Å². The molecule has 1 aromatic rings. The molecule has 100 valence electrons.